The summed E-state index contributed by atoms with van der Waals surface area (Å²) in [5, 5.41) is 6.98. The number of aryl methyl sites for hydroxylation is 1. The minimum absolute atomic E-state index is 0.00839. The van der Waals surface area contributed by atoms with Crippen molar-refractivity contribution in [2.75, 3.05) is 22.6 Å². The summed E-state index contributed by atoms with van der Waals surface area (Å²) < 4.78 is 84.5. The molecule has 0 atom stereocenters. The molecule has 2 N–H and O–H groups in total. The van der Waals surface area contributed by atoms with Crippen molar-refractivity contribution < 1.29 is 35.1 Å². The van der Waals surface area contributed by atoms with Gasteiger partial charge in [-0.1, -0.05) is 11.6 Å². The van der Waals surface area contributed by atoms with Gasteiger partial charge in [-0.2, -0.15) is 5.10 Å². The first-order valence-corrected chi connectivity index (χ1v) is 15.8. The Morgan fingerprint density at radius 3 is 2.34 bits per heavy atom. The van der Waals surface area contributed by atoms with Crippen molar-refractivity contribution in [3.8, 4) is 11.4 Å². The van der Waals surface area contributed by atoms with Crippen molar-refractivity contribution in [2.45, 2.75) is 18.4 Å². The normalized spacial score (nSPS) is 11.8. The molecule has 1 heterocycles. The number of halogens is 3. The van der Waals surface area contributed by atoms with Gasteiger partial charge in [0.05, 0.1) is 28.6 Å². The number of carbonyl (C=O) groups is 1. The number of anilines is 2. The third-order valence-corrected chi connectivity index (χ3v) is 7.43. The van der Waals surface area contributed by atoms with Gasteiger partial charge in [0.25, 0.3) is 5.91 Å². The van der Waals surface area contributed by atoms with E-state index in [0.29, 0.717) is 5.56 Å². The van der Waals surface area contributed by atoms with Gasteiger partial charge >= 0.3 is 0 Å². The highest BCUT2D eigenvalue weighted by Crippen LogP contribution is 2.30. The van der Waals surface area contributed by atoms with Crippen molar-refractivity contribution in [3.05, 3.63) is 94.3 Å². The van der Waals surface area contributed by atoms with Crippen molar-refractivity contribution >= 4 is 48.7 Å². The van der Waals surface area contributed by atoms with Crippen LogP contribution < -0.4 is 14.8 Å². The van der Waals surface area contributed by atoms with E-state index in [1.165, 1.54) is 47.4 Å². The van der Waals surface area contributed by atoms with Crippen LogP contribution in [0.15, 0.2) is 65.8 Å². The molecule has 1 amide bonds. The Bertz CT molecular complexity index is 1880. The summed E-state index contributed by atoms with van der Waals surface area (Å²) in [6.07, 6.45) is 4.55. The van der Waals surface area contributed by atoms with Crippen LogP contribution in [0.2, 0.25) is 5.02 Å². The van der Waals surface area contributed by atoms with Crippen LogP contribution in [0.3, 0.4) is 0 Å². The zero-order valence-corrected chi connectivity index (χ0v) is 24.2. The van der Waals surface area contributed by atoms with Crippen LogP contribution in [-0.4, -0.2) is 45.0 Å². The predicted octanol–water partition coefficient (Wildman–Crippen LogP) is 4.72. The predicted molar refractivity (Wildman–Crippen MR) is 150 cm³/mol. The van der Waals surface area contributed by atoms with Crippen LogP contribution in [0.25, 0.3) is 5.69 Å². The molecule has 0 aliphatic rings. The standard InChI is InChI=1S/C26H23ClF2N4O6S2/c1-15-4-19(28)10-24(39-14-16-5-20(29)9-23(6-16)40(2,35)36)25(15)33-13-17(12-30-33)26(34)31-21-7-18(27)8-22(11-21)32-41(3,37)38/h4-13,32H,14H2,1-3H3,(H,31,34). The monoisotopic (exact) mass is 624 g/mol. The molecule has 0 aliphatic heterocycles. The molecule has 0 saturated heterocycles. The smallest absolute Gasteiger partial charge is 0.258 e. The highest BCUT2D eigenvalue weighted by molar-refractivity contribution is 7.92. The Morgan fingerprint density at radius 2 is 1.66 bits per heavy atom. The number of nitrogens with one attached hydrogen (secondary N) is 2. The minimum atomic E-state index is -3.68. The Morgan fingerprint density at radius 1 is 0.976 bits per heavy atom. The first kappa shape index (κ1) is 30.0. The van der Waals surface area contributed by atoms with Gasteiger partial charge in [0.2, 0.25) is 10.0 Å². The number of ether oxygens (including phenoxy) is 1. The molecule has 0 saturated carbocycles. The molecular weight excluding hydrogens is 602 g/mol. The maximum absolute atomic E-state index is 14.3. The average Bonchev–Trinajstić information content (AvgIpc) is 3.30. The molecule has 41 heavy (non-hydrogen) atoms. The van der Waals surface area contributed by atoms with E-state index in [0.717, 1.165) is 30.7 Å². The molecule has 0 radical (unpaired) electrons. The molecule has 0 aliphatic carbocycles. The van der Waals surface area contributed by atoms with Crippen molar-refractivity contribution in [2.24, 2.45) is 0 Å². The van der Waals surface area contributed by atoms with Gasteiger partial charge in [-0.15, -0.1) is 0 Å². The first-order chi connectivity index (χ1) is 19.1. The lowest BCUT2D eigenvalue weighted by atomic mass is 10.1. The first-order valence-electron chi connectivity index (χ1n) is 11.6. The van der Waals surface area contributed by atoms with Crippen molar-refractivity contribution in [1.29, 1.82) is 0 Å². The second kappa shape index (κ2) is 11.5. The van der Waals surface area contributed by atoms with E-state index >= 15 is 0 Å². The number of sulfonamides is 1. The van der Waals surface area contributed by atoms with Gasteiger partial charge < -0.3 is 10.1 Å². The number of hydrogen-bond donors (Lipinski definition) is 2. The maximum atomic E-state index is 14.3. The molecule has 0 fully saturated rings. The lowest BCUT2D eigenvalue weighted by Gasteiger charge is -2.15. The molecule has 10 nitrogen and oxygen atoms in total. The maximum Gasteiger partial charge on any atom is 0.258 e. The number of rotatable bonds is 9. The van der Waals surface area contributed by atoms with Crippen molar-refractivity contribution in [3.63, 3.8) is 0 Å². The summed E-state index contributed by atoms with van der Waals surface area (Å²) in [6.45, 7) is 1.31. The van der Waals surface area contributed by atoms with Crippen LogP contribution in [0.1, 0.15) is 21.5 Å². The number of hydrogen-bond acceptors (Lipinski definition) is 7. The fraction of sp³-hybridized carbons (Fsp3) is 0.154. The zero-order chi connectivity index (χ0) is 30.1. The zero-order valence-electron chi connectivity index (χ0n) is 21.8. The largest absolute Gasteiger partial charge is 0.487 e. The third kappa shape index (κ3) is 7.80. The second-order valence-corrected chi connectivity index (χ2v) is 13.4. The van der Waals surface area contributed by atoms with Crippen LogP contribution in [0.4, 0.5) is 20.2 Å². The van der Waals surface area contributed by atoms with Crippen LogP contribution >= 0.6 is 11.6 Å². The molecule has 216 valence electrons. The fourth-order valence-electron chi connectivity index (χ4n) is 3.89. The van der Waals surface area contributed by atoms with E-state index in [9.17, 15) is 30.4 Å². The topological polar surface area (TPSA) is 136 Å². The number of aromatic nitrogens is 2. The highest BCUT2D eigenvalue weighted by Gasteiger charge is 2.18. The molecule has 3 aromatic carbocycles. The van der Waals surface area contributed by atoms with Crippen LogP contribution in [-0.2, 0) is 26.5 Å². The van der Waals surface area contributed by atoms with E-state index in [2.05, 4.69) is 15.1 Å². The van der Waals surface area contributed by atoms with E-state index in [-0.39, 0.29) is 50.5 Å². The molecule has 15 heteroatoms. The molecule has 1 aromatic heterocycles. The summed E-state index contributed by atoms with van der Waals surface area (Å²) in [5.74, 6) is -1.99. The van der Waals surface area contributed by atoms with Gasteiger partial charge in [0.1, 0.15) is 29.7 Å². The fourth-order valence-corrected chi connectivity index (χ4v) is 5.36. The van der Waals surface area contributed by atoms with Gasteiger partial charge in [0, 0.05) is 29.2 Å². The summed E-state index contributed by atoms with van der Waals surface area (Å²) >= 11 is 6.06. The molecule has 0 spiro atoms. The summed E-state index contributed by atoms with van der Waals surface area (Å²) in [6, 6.07) is 9.75. The van der Waals surface area contributed by atoms with E-state index in [1.54, 1.807) is 6.92 Å². The van der Waals surface area contributed by atoms with Crippen molar-refractivity contribution in [1.82, 2.24) is 9.78 Å². The Kier molecular flexibility index (Phi) is 8.38. The summed E-state index contributed by atoms with van der Waals surface area (Å²) in [4.78, 5) is 12.7. The third-order valence-electron chi connectivity index (χ3n) is 5.52. The van der Waals surface area contributed by atoms with Crippen LogP contribution in [0, 0.1) is 18.6 Å². The van der Waals surface area contributed by atoms with E-state index in [4.69, 9.17) is 16.3 Å². The number of nitrogens with zero attached hydrogens (tertiary/aromatic N) is 2. The highest BCUT2D eigenvalue weighted by atomic mass is 35.5. The Labute approximate surface area is 239 Å². The quantitative estimate of drug-likeness (QED) is 0.275. The molecule has 4 aromatic rings. The Balaban J connectivity index is 1.59. The van der Waals surface area contributed by atoms with Gasteiger partial charge in [-0.3, -0.25) is 9.52 Å². The summed E-state index contributed by atoms with van der Waals surface area (Å²) in [7, 11) is -7.26. The molecular formula is C26H23ClF2N4O6S2. The number of sulfone groups is 1. The Hall–Kier alpha value is -4.01. The van der Waals surface area contributed by atoms with E-state index < -0.39 is 37.4 Å². The van der Waals surface area contributed by atoms with Gasteiger partial charge in [-0.05, 0) is 60.5 Å². The molecule has 4 rings (SSSR count). The van der Waals surface area contributed by atoms with Gasteiger partial charge in [0.15, 0.2) is 9.84 Å². The minimum Gasteiger partial charge on any atom is -0.487 e. The SMILES string of the molecule is Cc1cc(F)cc(OCc2cc(F)cc(S(C)(=O)=O)c2)c1-n1cc(C(=O)Nc2cc(Cl)cc(NS(C)(=O)=O)c2)cn1. The number of carbonyl (C=O) groups excluding carboxylic acids is 1. The number of benzene rings is 3. The lowest BCUT2D eigenvalue weighted by Crippen LogP contribution is -2.13. The van der Waals surface area contributed by atoms with Crippen LogP contribution in [0.5, 0.6) is 5.75 Å². The van der Waals surface area contributed by atoms with E-state index in [1.807, 2.05) is 0 Å². The average molecular weight is 625 g/mol. The number of amides is 1. The second-order valence-electron chi connectivity index (χ2n) is 9.16. The molecule has 0 unspecified atom stereocenters. The van der Waals surface area contributed by atoms with Gasteiger partial charge in [-0.25, -0.2) is 30.3 Å². The summed E-state index contributed by atoms with van der Waals surface area (Å²) in [5.41, 5.74) is 1.35. The lowest BCUT2D eigenvalue weighted by molar-refractivity contribution is 0.102. The molecule has 0 bridgehead atoms.